The molecule has 1 amide bonds. The molecule has 4 heterocycles. The van der Waals surface area contributed by atoms with E-state index >= 15 is 0 Å². The molecule has 5 rings (SSSR count). The predicted molar refractivity (Wildman–Crippen MR) is 203 cm³/mol. The number of carbonyl (C=O) groups is 2. The summed E-state index contributed by atoms with van der Waals surface area (Å²) in [7, 11) is 0. The van der Waals surface area contributed by atoms with Gasteiger partial charge in [0.15, 0.2) is 12.6 Å². The van der Waals surface area contributed by atoms with E-state index in [0.717, 1.165) is 4.70 Å². The molecule has 16 N–H and O–H groups in total. The standard InChI is InChI=1S/C34H50N6O20S/c35-3-4-54-30-27(50)25(48)28(18(9-42)57-30)59-31-26(49)24(47)23(46)19(58-31)11-56-34(32(51)52)6-16(43)21(29(60-34)22(45)17(44)8-41)39-33(53)55-10-14(40-36)7-37-13-1-2-20-15(5-13)38-12-61-20/h1-2,5,7,12,16-19,21-31,41-50H,3-4,6,8-11,35-36H2,(H,39,53)(H,51,52)/t16-,17-,18?,19?,21-,22-,23+,24+,25+,26?,27?,28-,29?,30-,31+,34-/m1/s1. The molecule has 3 fully saturated rings. The van der Waals surface area contributed by atoms with E-state index in [-0.39, 0.29) is 18.9 Å². The molecule has 3 aliphatic heterocycles. The molecule has 2 aromatic rings. The molecular weight excluding hydrogens is 844 g/mol. The van der Waals surface area contributed by atoms with Gasteiger partial charge in [0.25, 0.3) is 5.79 Å². The van der Waals surface area contributed by atoms with E-state index in [0.29, 0.717) is 11.2 Å². The zero-order chi connectivity index (χ0) is 44.6. The van der Waals surface area contributed by atoms with E-state index in [1.807, 2.05) is 0 Å². The Kier molecular flexibility index (Phi) is 17.1. The maximum absolute atomic E-state index is 13.0. The first-order chi connectivity index (χ1) is 29.1. The summed E-state index contributed by atoms with van der Waals surface area (Å²) in [5.41, 5.74) is 8.21. The summed E-state index contributed by atoms with van der Waals surface area (Å²) in [6.45, 7) is -3.57. The average Bonchev–Trinajstić information content (AvgIpc) is 3.73. The lowest BCUT2D eigenvalue weighted by Crippen LogP contribution is -2.68. The lowest BCUT2D eigenvalue weighted by Gasteiger charge is -2.48. The molecule has 26 nitrogen and oxygen atoms in total. The van der Waals surface area contributed by atoms with Crippen molar-refractivity contribution in [1.29, 1.82) is 0 Å². The number of carboxylic acid groups (broad SMARTS) is 1. The van der Waals surface area contributed by atoms with Crippen LogP contribution in [0.5, 0.6) is 0 Å². The molecule has 3 aliphatic rings. The number of hydrogen-bond acceptors (Lipinski definition) is 25. The number of alkyl carbamates (subject to hydrolysis) is 1. The van der Waals surface area contributed by atoms with Gasteiger partial charge in [-0.05, 0) is 18.2 Å². The first-order valence-corrected chi connectivity index (χ1v) is 19.5. The summed E-state index contributed by atoms with van der Waals surface area (Å²) in [5, 5.41) is 122. The van der Waals surface area contributed by atoms with E-state index < -0.39 is 143 Å². The fourth-order valence-electron chi connectivity index (χ4n) is 6.62. The number of hydrogen-bond donors (Lipinski definition) is 14. The number of carbonyl (C=O) groups excluding carboxylic acids is 1. The molecule has 16 atom stereocenters. The van der Waals surface area contributed by atoms with E-state index in [1.165, 1.54) is 17.6 Å². The van der Waals surface area contributed by atoms with Crippen molar-refractivity contribution >= 4 is 51.2 Å². The normalized spacial score (nSPS) is 35.9. The number of carboxylic acids is 1. The number of hydrazone groups is 1. The third-order valence-electron chi connectivity index (χ3n) is 9.96. The van der Waals surface area contributed by atoms with Gasteiger partial charge in [0.05, 0.1) is 66.2 Å². The van der Waals surface area contributed by atoms with Crippen molar-refractivity contribution < 1.29 is 98.9 Å². The molecule has 0 spiro atoms. The molecule has 0 bridgehead atoms. The lowest BCUT2D eigenvalue weighted by molar-refractivity contribution is -0.367. The topological polar surface area (TPSA) is 423 Å². The number of fused-ring (bicyclic) bond motifs is 1. The van der Waals surface area contributed by atoms with Crippen LogP contribution in [0.4, 0.5) is 10.5 Å². The third-order valence-corrected chi connectivity index (χ3v) is 10.8. The van der Waals surface area contributed by atoms with E-state index in [2.05, 4.69) is 20.4 Å². The van der Waals surface area contributed by atoms with E-state index in [9.17, 15) is 65.8 Å². The second kappa shape index (κ2) is 21.6. The predicted octanol–water partition coefficient (Wildman–Crippen LogP) is -6.32. The van der Waals surface area contributed by atoms with Crippen LogP contribution in [0.1, 0.15) is 6.42 Å². The van der Waals surface area contributed by atoms with Crippen LogP contribution in [-0.4, -0.2) is 222 Å². The Morgan fingerprint density at radius 2 is 1.75 bits per heavy atom. The first-order valence-electron chi connectivity index (χ1n) is 18.6. The molecule has 5 unspecified atom stereocenters. The van der Waals surface area contributed by atoms with Crippen molar-refractivity contribution in [3.05, 3.63) is 23.7 Å². The number of nitrogens with two attached hydrogens (primary N) is 2. The van der Waals surface area contributed by atoms with Gasteiger partial charge in [-0.3, -0.25) is 4.99 Å². The minimum Gasteiger partial charge on any atom is -0.477 e. The van der Waals surface area contributed by atoms with Gasteiger partial charge in [-0.15, -0.1) is 11.3 Å². The van der Waals surface area contributed by atoms with Gasteiger partial charge in [0.1, 0.15) is 79.5 Å². The Bertz CT molecular complexity index is 1810. The highest BCUT2D eigenvalue weighted by Gasteiger charge is 2.57. The number of amides is 1. The second-order valence-corrected chi connectivity index (χ2v) is 15.0. The summed E-state index contributed by atoms with van der Waals surface area (Å²) < 4.78 is 39.2. The Balaban J connectivity index is 1.26. The zero-order valence-corrected chi connectivity index (χ0v) is 32.8. The van der Waals surface area contributed by atoms with Gasteiger partial charge >= 0.3 is 12.1 Å². The summed E-state index contributed by atoms with van der Waals surface area (Å²) in [6.07, 6.45) is -27.3. The molecule has 0 aliphatic carbocycles. The Morgan fingerprint density at radius 1 is 1.03 bits per heavy atom. The largest absolute Gasteiger partial charge is 0.477 e. The number of aliphatic hydroxyl groups is 10. The molecule has 3 saturated heterocycles. The van der Waals surface area contributed by atoms with Gasteiger partial charge in [0.2, 0.25) is 0 Å². The van der Waals surface area contributed by atoms with Crippen LogP contribution in [-0.2, 0) is 38.0 Å². The van der Waals surface area contributed by atoms with Crippen LogP contribution < -0.4 is 16.9 Å². The molecule has 61 heavy (non-hydrogen) atoms. The Labute approximate surface area is 349 Å². The number of aliphatic hydroxyl groups excluding tert-OH is 10. The highest BCUT2D eigenvalue weighted by atomic mass is 32.1. The monoisotopic (exact) mass is 894 g/mol. The average molecular weight is 895 g/mol. The van der Waals surface area contributed by atoms with Crippen molar-refractivity contribution in [1.82, 2.24) is 10.3 Å². The quantitative estimate of drug-likeness (QED) is 0.0376. The molecule has 0 saturated carbocycles. The third kappa shape index (κ3) is 11.3. The van der Waals surface area contributed by atoms with Gasteiger partial charge < -0.3 is 106 Å². The molecule has 1 aromatic heterocycles. The lowest BCUT2D eigenvalue weighted by atomic mass is 9.88. The van der Waals surface area contributed by atoms with Crippen molar-refractivity contribution in [3.63, 3.8) is 0 Å². The molecule has 0 radical (unpaired) electrons. The first kappa shape index (κ1) is 48.3. The van der Waals surface area contributed by atoms with Crippen molar-refractivity contribution in [2.75, 3.05) is 39.6 Å². The molecular formula is C34H50N6O20S. The number of nitrogens with zero attached hydrogens (tertiary/aromatic N) is 3. The molecule has 1 aromatic carbocycles. The number of benzene rings is 1. The highest BCUT2D eigenvalue weighted by molar-refractivity contribution is 7.16. The fourth-order valence-corrected chi connectivity index (χ4v) is 7.28. The number of nitrogens with one attached hydrogen (secondary N) is 1. The Morgan fingerprint density at radius 3 is 2.43 bits per heavy atom. The summed E-state index contributed by atoms with van der Waals surface area (Å²) in [5.74, 6) is 0.531. The minimum atomic E-state index is -2.96. The Hall–Kier alpha value is -3.69. The highest BCUT2D eigenvalue weighted by Crippen LogP contribution is 2.36. The van der Waals surface area contributed by atoms with Gasteiger partial charge in [-0.1, -0.05) is 0 Å². The number of thiazole rings is 1. The van der Waals surface area contributed by atoms with Crippen LogP contribution in [0.3, 0.4) is 0 Å². The maximum atomic E-state index is 13.0. The smallest absolute Gasteiger partial charge is 0.407 e. The number of ether oxygens (including phenoxy) is 7. The van der Waals surface area contributed by atoms with Crippen LogP contribution in [0.15, 0.2) is 33.8 Å². The van der Waals surface area contributed by atoms with Crippen LogP contribution in [0, 0.1) is 0 Å². The number of rotatable bonds is 18. The molecule has 27 heteroatoms. The number of aliphatic imine (C=N–C) groups is 1. The van der Waals surface area contributed by atoms with Gasteiger partial charge in [0, 0.05) is 13.0 Å². The summed E-state index contributed by atoms with van der Waals surface area (Å²) in [6, 6.07) is 3.46. The summed E-state index contributed by atoms with van der Waals surface area (Å²) in [4.78, 5) is 34.2. The van der Waals surface area contributed by atoms with E-state index in [1.54, 1.807) is 23.7 Å². The SMILES string of the molecule is NCCO[C@@H]1OC(CO)[C@@H](O[C@@H]2OC(CO[C@]3(C(=O)O)C[C@@H](O)[C@@H](NC(=O)OCC(C=Nc4ccc5scnc5c4)=NN)C([C@H](O)[C@H](O)CO)O3)[C@H](O)[C@H](O)C2O)[C@@H](O)C1O. The van der Waals surface area contributed by atoms with Crippen molar-refractivity contribution in [2.45, 2.75) is 104 Å². The van der Waals surface area contributed by atoms with Crippen LogP contribution in [0.25, 0.3) is 10.2 Å². The van der Waals surface area contributed by atoms with Crippen LogP contribution in [0.2, 0.25) is 0 Å². The van der Waals surface area contributed by atoms with E-state index in [4.69, 9.17) is 44.7 Å². The maximum Gasteiger partial charge on any atom is 0.407 e. The summed E-state index contributed by atoms with van der Waals surface area (Å²) >= 11 is 1.43. The van der Waals surface area contributed by atoms with Crippen LogP contribution >= 0.6 is 11.3 Å². The number of aromatic nitrogens is 1. The minimum absolute atomic E-state index is 0.0281. The second-order valence-electron chi connectivity index (χ2n) is 14.1. The number of aliphatic carboxylic acids is 1. The fraction of sp³-hybridized carbons (Fsp3) is 0.676. The van der Waals surface area contributed by atoms with Gasteiger partial charge in [-0.2, -0.15) is 5.10 Å². The van der Waals surface area contributed by atoms with Crippen molar-refractivity contribution in [2.24, 2.45) is 21.7 Å². The zero-order valence-electron chi connectivity index (χ0n) is 32.0. The van der Waals surface area contributed by atoms with Crippen molar-refractivity contribution in [3.8, 4) is 0 Å². The van der Waals surface area contributed by atoms with Gasteiger partial charge in [-0.25, -0.2) is 14.6 Å². The molecule has 342 valence electrons.